The largest absolute Gasteiger partial charge is 0.491 e. The van der Waals surface area contributed by atoms with Crippen LogP contribution < -0.4 is 10.5 Å². The van der Waals surface area contributed by atoms with Crippen LogP contribution in [0.25, 0.3) is 22.2 Å². The number of alkyl halides is 3. The minimum absolute atomic E-state index is 0.0851. The lowest BCUT2D eigenvalue weighted by molar-refractivity contribution is -0.137. The molecule has 1 heterocycles. The third-order valence-electron chi connectivity index (χ3n) is 7.09. The van der Waals surface area contributed by atoms with Gasteiger partial charge in [0.1, 0.15) is 5.75 Å². The maximum absolute atomic E-state index is 13.4. The number of carbonyl (C=O) groups excluding carboxylic acids is 1. The number of rotatable bonds is 7. The first-order valence-electron chi connectivity index (χ1n) is 12.6. The fourth-order valence-electron chi connectivity index (χ4n) is 5.18. The van der Waals surface area contributed by atoms with Gasteiger partial charge in [0.05, 0.1) is 33.3 Å². The lowest BCUT2D eigenvalue weighted by atomic mass is 9.85. The number of fused-ring (bicyclic) bond motifs is 1. The molecule has 0 bridgehead atoms. The fraction of sp³-hybridized carbons (Fsp3) is 0.267. The van der Waals surface area contributed by atoms with Crippen LogP contribution in [0.5, 0.6) is 5.75 Å². The Morgan fingerprint density at radius 1 is 1.00 bits per heavy atom. The number of aromatic nitrogens is 1. The summed E-state index contributed by atoms with van der Waals surface area (Å²) < 4.78 is 71.6. The van der Waals surface area contributed by atoms with Crippen LogP contribution in [0.15, 0.2) is 71.6 Å². The molecule has 0 radical (unpaired) electrons. The summed E-state index contributed by atoms with van der Waals surface area (Å²) in [6.45, 7) is 3.69. The molecule has 0 spiro atoms. The Morgan fingerprint density at radius 3 is 2.30 bits per heavy atom. The van der Waals surface area contributed by atoms with Gasteiger partial charge in [-0.2, -0.15) is 13.2 Å². The summed E-state index contributed by atoms with van der Waals surface area (Å²) in [5.74, 6) is -0.321. The van der Waals surface area contributed by atoms with Gasteiger partial charge in [-0.1, -0.05) is 30.3 Å². The van der Waals surface area contributed by atoms with Crippen LogP contribution in [0.4, 0.5) is 13.2 Å². The van der Waals surface area contributed by atoms with Crippen molar-refractivity contribution in [1.29, 1.82) is 0 Å². The van der Waals surface area contributed by atoms with Gasteiger partial charge in [-0.3, -0.25) is 4.79 Å². The van der Waals surface area contributed by atoms with Gasteiger partial charge < -0.3 is 10.5 Å². The lowest BCUT2D eigenvalue weighted by Crippen LogP contribution is -2.18. The Hall–Kier alpha value is -3.92. The molecule has 0 aliphatic heterocycles. The van der Waals surface area contributed by atoms with E-state index >= 15 is 0 Å². The SMILES string of the molecule is CC(C)Oc1cc2nc(-c3cccc(C(F)(F)F)c3)cc(C(N)=O)c2cc1C1(c2ccccc2S(C)(=O)=O)CC1. The average Bonchev–Trinajstić information content (AvgIpc) is 3.68. The number of nitrogens with zero attached hydrogens (tertiary/aromatic N) is 1. The summed E-state index contributed by atoms with van der Waals surface area (Å²) in [6, 6.07) is 16.3. The Balaban J connectivity index is 1.77. The van der Waals surface area contributed by atoms with E-state index in [-0.39, 0.29) is 27.8 Å². The van der Waals surface area contributed by atoms with E-state index in [1.165, 1.54) is 18.2 Å². The van der Waals surface area contributed by atoms with Crippen molar-refractivity contribution in [3.8, 4) is 17.0 Å². The Bertz CT molecular complexity index is 1760. The van der Waals surface area contributed by atoms with Gasteiger partial charge in [0.25, 0.3) is 0 Å². The summed E-state index contributed by atoms with van der Waals surface area (Å²) in [6.07, 6.45) is -2.33. The van der Waals surface area contributed by atoms with E-state index in [1.807, 2.05) is 13.8 Å². The van der Waals surface area contributed by atoms with Crippen LogP contribution >= 0.6 is 0 Å². The second-order valence-electron chi connectivity index (χ2n) is 10.4. The highest BCUT2D eigenvalue weighted by molar-refractivity contribution is 7.90. The summed E-state index contributed by atoms with van der Waals surface area (Å²) in [5, 5.41) is 0.400. The van der Waals surface area contributed by atoms with E-state index in [1.54, 1.807) is 36.4 Å². The lowest BCUT2D eigenvalue weighted by Gasteiger charge is -2.24. The summed E-state index contributed by atoms with van der Waals surface area (Å²) >= 11 is 0. The summed E-state index contributed by atoms with van der Waals surface area (Å²) in [7, 11) is -3.54. The molecule has 1 aliphatic rings. The number of sulfone groups is 1. The highest BCUT2D eigenvalue weighted by Crippen LogP contribution is 2.58. The number of hydrogen-bond acceptors (Lipinski definition) is 5. The summed E-state index contributed by atoms with van der Waals surface area (Å²) in [5.41, 5.74) is 6.30. The fourth-order valence-corrected chi connectivity index (χ4v) is 6.17. The van der Waals surface area contributed by atoms with Crippen molar-refractivity contribution < 1.29 is 31.1 Å². The smallest absolute Gasteiger partial charge is 0.416 e. The highest BCUT2D eigenvalue weighted by atomic mass is 32.2. The first-order valence-corrected chi connectivity index (χ1v) is 14.5. The molecule has 0 unspecified atom stereocenters. The van der Waals surface area contributed by atoms with E-state index < -0.39 is 32.9 Å². The van der Waals surface area contributed by atoms with Crippen molar-refractivity contribution in [2.24, 2.45) is 5.73 Å². The molecule has 3 aromatic carbocycles. The molecule has 10 heteroatoms. The molecule has 0 atom stereocenters. The number of carbonyl (C=O) groups is 1. The maximum Gasteiger partial charge on any atom is 0.416 e. The molecule has 0 saturated heterocycles. The number of nitrogens with two attached hydrogens (primary N) is 1. The zero-order chi connectivity index (χ0) is 29.0. The Morgan fingerprint density at radius 2 is 1.70 bits per heavy atom. The third-order valence-corrected chi connectivity index (χ3v) is 8.25. The normalized spacial score (nSPS) is 14.9. The van der Waals surface area contributed by atoms with E-state index in [4.69, 9.17) is 10.5 Å². The molecule has 1 amide bonds. The van der Waals surface area contributed by atoms with E-state index in [0.29, 0.717) is 40.6 Å². The highest BCUT2D eigenvalue weighted by Gasteiger charge is 2.50. The van der Waals surface area contributed by atoms with Crippen molar-refractivity contribution in [3.63, 3.8) is 0 Å². The molecule has 5 rings (SSSR count). The Kier molecular flexibility index (Phi) is 6.65. The van der Waals surface area contributed by atoms with E-state index in [0.717, 1.165) is 18.4 Å². The number of benzene rings is 3. The van der Waals surface area contributed by atoms with Crippen molar-refractivity contribution in [3.05, 3.63) is 89.0 Å². The molecule has 1 aliphatic carbocycles. The molecule has 208 valence electrons. The molecular weight excluding hydrogens is 541 g/mol. The van der Waals surface area contributed by atoms with Crippen molar-refractivity contribution >= 4 is 26.6 Å². The zero-order valence-corrected chi connectivity index (χ0v) is 22.9. The average molecular weight is 569 g/mol. The predicted molar refractivity (Wildman–Crippen MR) is 146 cm³/mol. The molecular formula is C30H27F3N2O4S. The number of ether oxygens (including phenoxy) is 1. The standard InChI is InChI=1S/C30H27F3N2O4S/c1-17(2)39-26-16-25-20(14-23(26)29(11-12-29)22-9-4-5-10-27(22)40(3,37)38)21(28(34)36)15-24(35-25)18-7-6-8-19(13-18)30(31,32)33/h4-10,13-17H,11-12H2,1-3H3,(H2,34,36). The molecule has 4 aromatic rings. The van der Waals surface area contributed by atoms with Crippen LogP contribution in [0.3, 0.4) is 0 Å². The van der Waals surface area contributed by atoms with Crippen molar-refractivity contribution in [1.82, 2.24) is 4.98 Å². The first kappa shape index (κ1) is 27.6. The van der Waals surface area contributed by atoms with Crippen LogP contribution in [0.1, 0.15) is 53.7 Å². The minimum Gasteiger partial charge on any atom is -0.491 e. The number of amides is 1. The van der Waals surface area contributed by atoms with Gasteiger partial charge in [-0.15, -0.1) is 0 Å². The third kappa shape index (κ3) is 5.03. The Labute approximate surface area is 229 Å². The van der Waals surface area contributed by atoms with Crippen LogP contribution in [0, 0.1) is 0 Å². The molecule has 1 saturated carbocycles. The molecule has 1 fully saturated rings. The maximum atomic E-state index is 13.4. The van der Waals surface area contributed by atoms with Gasteiger partial charge in [-0.05, 0) is 62.6 Å². The second-order valence-corrected chi connectivity index (χ2v) is 12.4. The van der Waals surface area contributed by atoms with Crippen LogP contribution in [-0.2, 0) is 21.4 Å². The zero-order valence-electron chi connectivity index (χ0n) is 22.0. The number of halogens is 3. The van der Waals surface area contributed by atoms with Gasteiger partial charge in [0.2, 0.25) is 5.91 Å². The molecule has 2 N–H and O–H groups in total. The van der Waals surface area contributed by atoms with Crippen molar-refractivity contribution in [2.45, 2.75) is 49.3 Å². The summed E-state index contributed by atoms with van der Waals surface area (Å²) in [4.78, 5) is 17.4. The predicted octanol–water partition coefficient (Wildman–Crippen LogP) is 6.29. The van der Waals surface area contributed by atoms with Gasteiger partial charge in [0.15, 0.2) is 9.84 Å². The monoisotopic (exact) mass is 568 g/mol. The van der Waals surface area contributed by atoms with Gasteiger partial charge >= 0.3 is 6.18 Å². The minimum atomic E-state index is -4.55. The van der Waals surface area contributed by atoms with Crippen LogP contribution in [0.2, 0.25) is 0 Å². The number of hydrogen-bond donors (Lipinski definition) is 1. The van der Waals surface area contributed by atoms with Gasteiger partial charge in [0, 0.05) is 34.3 Å². The topological polar surface area (TPSA) is 99.3 Å². The number of pyridine rings is 1. The molecule has 6 nitrogen and oxygen atoms in total. The molecule has 40 heavy (non-hydrogen) atoms. The molecule has 1 aromatic heterocycles. The number of primary amides is 1. The van der Waals surface area contributed by atoms with Crippen molar-refractivity contribution in [2.75, 3.05) is 6.26 Å². The first-order chi connectivity index (χ1) is 18.7. The van der Waals surface area contributed by atoms with E-state index in [2.05, 4.69) is 4.98 Å². The van der Waals surface area contributed by atoms with Gasteiger partial charge in [-0.25, -0.2) is 13.4 Å². The van der Waals surface area contributed by atoms with Crippen LogP contribution in [-0.4, -0.2) is 31.7 Å². The van der Waals surface area contributed by atoms with E-state index in [9.17, 15) is 26.4 Å². The quantitative estimate of drug-likeness (QED) is 0.283. The second kappa shape index (κ2) is 9.62.